The van der Waals surface area contributed by atoms with Crippen LogP contribution in [0.1, 0.15) is 117 Å². The first-order valence-electron chi connectivity index (χ1n) is 15.4. The third-order valence-corrected chi connectivity index (χ3v) is 7.07. The summed E-state index contributed by atoms with van der Waals surface area (Å²) in [5, 5.41) is 0. The van der Waals surface area contributed by atoms with E-state index in [4.69, 9.17) is 24.0 Å². The van der Waals surface area contributed by atoms with E-state index in [1.165, 1.54) is 25.7 Å². The highest BCUT2D eigenvalue weighted by Gasteiger charge is 2.36. The Bertz CT molecular complexity index is 833. The number of epoxide rings is 1. The van der Waals surface area contributed by atoms with Gasteiger partial charge in [-0.3, -0.25) is 14.1 Å². The van der Waals surface area contributed by atoms with Gasteiger partial charge in [0, 0.05) is 12.8 Å². The number of phosphoric acid groups is 1. The van der Waals surface area contributed by atoms with Crippen LogP contribution >= 0.6 is 7.82 Å². The lowest BCUT2D eigenvalue weighted by Crippen LogP contribution is -2.29. The van der Waals surface area contributed by atoms with Crippen molar-refractivity contribution < 1.29 is 42.7 Å². The number of carbonyl (C=O) groups is 2. The Labute approximate surface area is 247 Å². The first-order valence-corrected chi connectivity index (χ1v) is 16.9. The number of rotatable bonds is 26. The minimum absolute atomic E-state index is 0.187. The first kappa shape index (κ1) is 37.3. The molecule has 236 valence electrons. The summed E-state index contributed by atoms with van der Waals surface area (Å²) in [4.78, 5) is 42.1. The van der Waals surface area contributed by atoms with Gasteiger partial charge in [-0.25, -0.2) is 4.57 Å². The van der Waals surface area contributed by atoms with Crippen LogP contribution in [0.5, 0.6) is 0 Å². The van der Waals surface area contributed by atoms with Crippen LogP contribution in [0, 0.1) is 0 Å². The SMILES string of the molecule is CCCCCCCC(=O)O[C@H](COC(=O)CCC/C=C\C/C=C\C/C=C\CC1OC1CCCCC)COP(=O)(O)O. The highest BCUT2D eigenvalue weighted by molar-refractivity contribution is 7.46. The molecule has 0 amide bonds. The molecule has 0 bridgehead atoms. The van der Waals surface area contributed by atoms with Crippen LogP contribution in [-0.4, -0.2) is 53.3 Å². The lowest BCUT2D eigenvalue weighted by Gasteiger charge is -2.18. The van der Waals surface area contributed by atoms with Crippen molar-refractivity contribution in [2.75, 3.05) is 13.2 Å². The molecule has 0 aliphatic carbocycles. The zero-order chi connectivity index (χ0) is 30.2. The van der Waals surface area contributed by atoms with Crippen molar-refractivity contribution in [3.63, 3.8) is 0 Å². The highest BCUT2D eigenvalue weighted by atomic mass is 31.2. The minimum atomic E-state index is -4.75. The Morgan fingerprint density at radius 2 is 1.41 bits per heavy atom. The van der Waals surface area contributed by atoms with Gasteiger partial charge in [0.05, 0.1) is 18.8 Å². The van der Waals surface area contributed by atoms with E-state index in [1.54, 1.807) is 0 Å². The van der Waals surface area contributed by atoms with Gasteiger partial charge in [0.2, 0.25) is 0 Å². The average molecular weight is 601 g/mol. The summed E-state index contributed by atoms with van der Waals surface area (Å²) in [5.74, 6) is -0.975. The number of phosphoric ester groups is 1. The Morgan fingerprint density at radius 3 is 2.12 bits per heavy atom. The molecule has 0 spiro atoms. The summed E-state index contributed by atoms with van der Waals surface area (Å²) in [7, 11) is -4.75. The smallest absolute Gasteiger partial charge is 0.462 e. The van der Waals surface area contributed by atoms with E-state index in [9.17, 15) is 14.2 Å². The second-order valence-electron chi connectivity index (χ2n) is 10.5. The number of hydrogen-bond donors (Lipinski definition) is 2. The van der Waals surface area contributed by atoms with Crippen LogP contribution in [0.25, 0.3) is 0 Å². The van der Waals surface area contributed by atoms with Crippen molar-refractivity contribution in [1.82, 2.24) is 0 Å². The quantitative estimate of drug-likeness (QED) is 0.0346. The van der Waals surface area contributed by atoms with Gasteiger partial charge >= 0.3 is 19.8 Å². The fourth-order valence-electron chi connectivity index (χ4n) is 4.16. The summed E-state index contributed by atoms with van der Waals surface area (Å²) < 4.78 is 31.6. The molecule has 3 atom stereocenters. The fraction of sp³-hybridized carbons (Fsp3) is 0.742. The highest BCUT2D eigenvalue weighted by Crippen LogP contribution is 2.36. The zero-order valence-corrected chi connectivity index (χ0v) is 26.0. The molecule has 1 rings (SSSR count). The van der Waals surface area contributed by atoms with Gasteiger partial charge in [0.1, 0.15) is 6.61 Å². The molecule has 1 heterocycles. The second kappa shape index (κ2) is 23.8. The maximum absolute atomic E-state index is 12.1. The summed E-state index contributed by atoms with van der Waals surface area (Å²) >= 11 is 0. The maximum Gasteiger partial charge on any atom is 0.469 e. The zero-order valence-electron chi connectivity index (χ0n) is 25.1. The molecule has 2 unspecified atom stereocenters. The summed E-state index contributed by atoms with van der Waals surface area (Å²) in [6, 6.07) is 0. The van der Waals surface area contributed by atoms with Crippen molar-refractivity contribution in [3.8, 4) is 0 Å². The molecular formula is C31H53O9P. The number of allylic oxidation sites excluding steroid dienone is 5. The average Bonchev–Trinajstić information content (AvgIpc) is 3.68. The van der Waals surface area contributed by atoms with Crippen LogP contribution in [0.2, 0.25) is 0 Å². The molecule has 41 heavy (non-hydrogen) atoms. The van der Waals surface area contributed by atoms with E-state index in [0.717, 1.165) is 51.4 Å². The van der Waals surface area contributed by atoms with E-state index in [0.29, 0.717) is 25.0 Å². The first-order chi connectivity index (χ1) is 19.7. The molecule has 2 N–H and O–H groups in total. The van der Waals surface area contributed by atoms with Crippen LogP contribution < -0.4 is 0 Å². The molecule has 1 aliphatic heterocycles. The third-order valence-electron chi connectivity index (χ3n) is 6.59. The van der Waals surface area contributed by atoms with Crippen LogP contribution in [-0.2, 0) is 32.9 Å². The van der Waals surface area contributed by atoms with Crippen molar-refractivity contribution in [2.24, 2.45) is 0 Å². The molecule has 1 saturated heterocycles. The Kier molecular flexibility index (Phi) is 21.6. The summed E-state index contributed by atoms with van der Waals surface area (Å²) in [6.45, 7) is 3.45. The molecule has 10 heteroatoms. The number of hydrogen-bond acceptors (Lipinski definition) is 7. The molecule has 0 saturated carbocycles. The van der Waals surface area contributed by atoms with Gasteiger partial charge in [-0.1, -0.05) is 95.2 Å². The predicted molar refractivity (Wildman–Crippen MR) is 160 cm³/mol. The van der Waals surface area contributed by atoms with E-state index in [2.05, 4.69) is 48.8 Å². The van der Waals surface area contributed by atoms with E-state index in [1.807, 2.05) is 6.08 Å². The van der Waals surface area contributed by atoms with Gasteiger partial charge in [0.15, 0.2) is 6.10 Å². The molecule has 1 fully saturated rings. The lowest BCUT2D eigenvalue weighted by atomic mass is 10.1. The number of ether oxygens (including phenoxy) is 3. The van der Waals surface area contributed by atoms with Crippen molar-refractivity contribution in [3.05, 3.63) is 36.5 Å². The monoisotopic (exact) mass is 600 g/mol. The van der Waals surface area contributed by atoms with Crippen LogP contribution in [0.4, 0.5) is 0 Å². The van der Waals surface area contributed by atoms with Gasteiger partial charge in [0.25, 0.3) is 0 Å². The third kappa shape index (κ3) is 23.5. The second-order valence-corrected chi connectivity index (χ2v) is 11.7. The normalized spacial score (nSPS) is 18.0. The largest absolute Gasteiger partial charge is 0.469 e. The molecular weight excluding hydrogens is 547 g/mol. The van der Waals surface area contributed by atoms with Gasteiger partial charge in [-0.2, -0.15) is 0 Å². The van der Waals surface area contributed by atoms with E-state index in [-0.39, 0.29) is 19.4 Å². The topological polar surface area (TPSA) is 132 Å². The fourth-order valence-corrected chi connectivity index (χ4v) is 4.52. The van der Waals surface area contributed by atoms with Crippen molar-refractivity contribution in [2.45, 2.75) is 135 Å². The van der Waals surface area contributed by atoms with Gasteiger partial charge < -0.3 is 24.0 Å². The van der Waals surface area contributed by atoms with Crippen LogP contribution in [0.15, 0.2) is 36.5 Å². The Hall–Kier alpha value is -1.77. The van der Waals surface area contributed by atoms with E-state index < -0.39 is 32.5 Å². The summed E-state index contributed by atoms with van der Waals surface area (Å²) in [5.41, 5.74) is 0. The van der Waals surface area contributed by atoms with Gasteiger partial charge in [-0.15, -0.1) is 0 Å². The summed E-state index contributed by atoms with van der Waals surface area (Å²) in [6.07, 6.45) is 26.8. The molecule has 0 radical (unpaired) electrons. The van der Waals surface area contributed by atoms with E-state index >= 15 is 0 Å². The predicted octanol–water partition coefficient (Wildman–Crippen LogP) is 7.27. The maximum atomic E-state index is 12.1. The molecule has 0 aromatic carbocycles. The molecule has 9 nitrogen and oxygen atoms in total. The van der Waals surface area contributed by atoms with Crippen LogP contribution in [0.3, 0.4) is 0 Å². The minimum Gasteiger partial charge on any atom is -0.462 e. The standard InChI is InChI=1S/C31H53O9P/c1-3-5-7-14-20-24-31(33)39-27(26-38-41(34,35)36)25-37-30(32)23-19-16-13-11-9-8-10-12-15-18-22-29-28(40-29)21-17-6-4-2/h8,10-11,13,15,18,27-29H,3-7,9,12,14,16-17,19-26H2,1-2H3,(H2,34,35,36)/b10-8-,13-11-,18-15-/t27-,28?,29?/m1/s1. The molecule has 0 aromatic heterocycles. The van der Waals surface area contributed by atoms with Crippen molar-refractivity contribution in [1.29, 1.82) is 0 Å². The number of carbonyl (C=O) groups excluding carboxylic acids is 2. The molecule has 1 aliphatic rings. The van der Waals surface area contributed by atoms with Crippen molar-refractivity contribution >= 4 is 19.8 Å². The lowest BCUT2D eigenvalue weighted by molar-refractivity contribution is -0.161. The number of unbranched alkanes of at least 4 members (excludes halogenated alkanes) is 7. The van der Waals surface area contributed by atoms with Gasteiger partial charge in [-0.05, 0) is 44.9 Å². The number of esters is 2. The Morgan fingerprint density at radius 1 is 0.780 bits per heavy atom. The molecule has 0 aromatic rings. The Balaban J connectivity index is 2.15.